The topological polar surface area (TPSA) is 77.2 Å². The minimum absolute atomic E-state index is 0.0908. The van der Waals surface area contributed by atoms with Crippen molar-refractivity contribution >= 4 is 40.7 Å². The summed E-state index contributed by atoms with van der Waals surface area (Å²) < 4.78 is 11.3. The van der Waals surface area contributed by atoms with Crippen LogP contribution in [0.4, 0.5) is 11.5 Å². The Bertz CT molecular complexity index is 1690. The highest BCUT2D eigenvalue weighted by Crippen LogP contribution is 2.37. The lowest BCUT2D eigenvalue weighted by Crippen LogP contribution is -2.10. The van der Waals surface area contributed by atoms with Crippen LogP contribution in [0.3, 0.4) is 0 Å². The van der Waals surface area contributed by atoms with Gasteiger partial charge in [-0.05, 0) is 67.6 Å². The summed E-state index contributed by atoms with van der Waals surface area (Å²) in [5.41, 5.74) is 6.74. The normalized spacial score (nSPS) is 13.6. The summed E-state index contributed by atoms with van der Waals surface area (Å²) in [6, 6.07) is 27.2. The number of aromatic nitrogens is 2. The molecular weight excluding hydrogens is 557 g/mol. The number of rotatable bonds is 8. The van der Waals surface area contributed by atoms with Crippen LogP contribution >= 0.6 is 23.2 Å². The molecule has 1 atom stereocenters. The molecule has 5 aromatic rings. The number of nitrogens with one attached hydrogen (secondary N) is 1. The Morgan fingerprint density at radius 1 is 0.902 bits per heavy atom. The highest BCUT2D eigenvalue weighted by molar-refractivity contribution is 6.39. The molecule has 0 aliphatic heterocycles. The Kier molecular flexibility index (Phi) is 7.52. The molecule has 8 heteroatoms. The zero-order valence-corrected chi connectivity index (χ0v) is 24.0. The molecule has 2 heterocycles. The van der Waals surface area contributed by atoms with Crippen molar-refractivity contribution in [3.05, 3.63) is 106 Å². The number of halogens is 2. The number of anilines is 2. The predicted octanol–water partition coefficient (Wildman–Crippen LogP) is 9.44. The maximum atomic E-state index is 12.0. The van der Waals surface area contributed by atoms with Crippen molar-refractivity contribution in [2.24, 2.45) is 5.92 Å². The molecule has 0 bridgehead atoms. The van der Waals surface area contributed by atoms with Crippen molar-refractivity contribution in [1.29, 1.82) is 0 Å². The van der Waals surface area contributed by atoms with Gasteiger partial charge in [0.1, 0.15) is 23.3 Å². The van der Waals surface area contributed by atoms with E-state index in [-0.39, 0.29) is 18.0 Å². The summed E-state index contributed by atoms with van der Waals surface area (Å²) in [6.07, 6.45) is 1.61. The summed E-state index contributed by atoms with van der Waals surface area (Å²) in [6.45, 7) is 3.79. The van der Waals surface area contributed by atoms with Crippen LogP contribution in [0.2, 0.25) is 10.0 Å². The van der Waals surface area contributed by atoms with E-state index in [1.807, 2.05) is 80.6 Å². The minimum Gasteiger partial charge on any atom is -0.458 e. The molecule has 1 saturated carbocycles. The fourth-order valence-corrected chi connectivity index (χ4v) is 5.24. The predicted molar refractivity (Wildman–Crippen MR) is 162 cm³/mol. The van der Waals surface area contributed by atoms with E-state index in [9.17, 15) is 4.79 Å². The van der Waals surface area contributed by atoms with Crippen molar-refractivity contribution in [1.82, 2.24) is 10.1 Å². The first-order chi connectivity index (χ1) is 19.9. The Morgan fingerprint density at radius 3 is 2.17 bits per heavy atom. The SMILES string of the molecule is Cc1noc(-c2ccc(-c3ccc(C(C)OC(=O)C4CC4)cc3)cc2)c1Nc1cccc(-c2c(Cl)cccc2Cl)n1. The van der Waals surface area contributed by atoms with Crippen LogP contribution in [-0.2, 0) is 9.53 Å². The van der Waals surface area contributed by atoms with E-state index in [1.54, 1.807) is 18.2 Å². The van der Waals surface area contributed by atoms with Gasteiger partial charge in [-0.3, -0.25) is 4.79 Å². The van der Waals surface area contributed by atoms with Crippen LogP contribution in [0.5, 0.6) is 0 Å². The molecule has 41 heavy (non-hydrogen) atoms. The molecule has 0 saturated heterocycles. The van der Waals surface area contributed by atoms with Crippen molar-refractivity contribution in [2.75, 3.05) is 5.32 Å². The largest absolute Gasteiger partial charge is 0.458 e. The zero-order chi connectivity index (χ0) is 28.5. The van der Waals surface area contributed by atoms with Gasteiger partial charge in [-0.15, -0.1) is 0 Å². The fraction of sp³-hybridized carbons (Fsp3) is 0.182. The second-order valence-electron chi connectivity index (χ2n) is 10.2. The Labute approximate surface area is 248 Å². The number of nitrogens with zero attached hydrogens (tertiary/aromatic N) is 2. The molecule has 1 aliphatic rings. The van der Waals surface area contributed by atoms with E-state index < -0.39 is 0 Å². The van der Waals surface area contributed by atoms with E-state index in [0.29, 0.717) is 38.6 Å². The molecule has 6 rings (SSSR count). The molecule has 0 spiro atoms. The van der Waals surface area contributed by atoms with Crippen LogP contribution in [0.1, 0.15) is 37.1 Å². The molecule has 0 amide bonds. The number of esters is 1. The summed E-state index contributed by atoms with van der Waals surface area (Å²) in [5.74, 6) is 1.22. The summed E-state index contributed by atoms with van der Waals surface area (Å²) in [7, 11) is 0. The minimum atomic E-state index is -0.267. The second kappa shape index (κ2) is 11.4. The molecule has 2 aromatic heterocycles. The van der Waals surface area contributed by atoms with Gasteiger partial charge >= 0.3 is 5.97 Å². The summed E-state index contributed by atoms with van der Waals surface area (Å²) in [5, 5.41) is 8.63. The molecule has 1 aliphatic carbocycles. The zero-order valence-electron chi connectivity index (χ0n) is 22.5. The smallest absolute Gasteiger partial charge is 0.309 e. The van der Waals surface area contributed by atoms with Crippen LogP contribution < -0.4 is 5.32 Å². The Morgan fingerprint density at radius 2 is 1.51 bits per heavy atom. The average Bonchev–Trinajstić information content (AvgIpc) is 3.77. The molecule has 1 N–H and O–H groups in total. The van der Waals surface area contributed by atoms with Gasteiger partial charge in [0.05, 0.1) is 21.7 Å². The Hall–Kier alpha value is -4.13. The van der Waals surface area contributed by atoms with Crippen molar-refractivity contribution in [2.45, 2.75) is 32.8 Å². The van der Waals surface area contributed by atoms with Gasteiger partial charge in [0.15, 0.2) is 5.76 Å². The fourth-order valence-electron chi connectivity index (χ4n) is 4.65. The molecule has 0 radical (unpaired) electrons. The van der Waals surface area contributed by atoms with Gasteiger partial charge in [0.25, 0.3) is 0 Å². The highest BCUT2D eigenvalue weighted by Gasteiger charge is 2.32. The van der Waals surface area contributed by atoms with E-state index in [2.05, 4.69) is 10.5 Å². The number of hydrogen-bond donors (Lipinski definition) is 1. The van der Waals surface area contributed by atoms with Gasteiger partial charge < -0.3 is 14.6 Å². The summed E-state index contributed by atoms with van der Waals surface area (Å²) in [4.78, 5) is 16.7. The number of carbonyl (C=O) groups is 1. The standard InChI is InChI=1S/C33H27Cl2N3O3/c1-19-31(37-29-8-4-7-28(36-29)30-26(34)5-3-6-27(30)35)32(41-38-19)24-15-13-23(14-16-24)22-11-9-21(10-12-22)20(2)40-33(39)25-17-18-25/h3-16,20,25H,17-18H2,1-2H3,(H,36,37). The van der Waals surface area contributed by atoms with Crippen molar-refractivity contribution < 1.29 is 14.1 Å². The highest BCUT2D eigenvalue weighted by atomic mass is 35.5. The third-order valence-electron chi connectivity index (χ3n) is 7.15. The average molecular weight is 585 g/mol. The van der Waals surface area contributed by atoms with E-state index in [1.165, 1.54) is 0 Å². The molecule has 1 fully saturated rings. The summed E-state index contributed by atoms with van der Waals surface area (Å²) >= 11 is 12.8. The molecule has 1 unspecified atom stereocenters. The maximum absolute atomic E-state index is 12.0. The lowest BCUT2D eigenvalue weighted by Gasteiger charge is -2.14. The number of pyridine rings is 1. The number of carbonyl (C=O) groups excluding carboxylic acids is 1. The van der Waals surface area contributed by atoms with E-state index in [4.69, 9.17) is 37.4 Å². The molecule has 206 valence electrons. The first-order valence-corrected chi connectivity index (χ1v) is 14.2. The van der Waals surface area contributed by atoms with Crippen LogP contribution in [0.15, 0.2) is 89.5 Å². The number of benzene rings is 3. The quantitative estimate of drug-likeness (QED) is 0.183. The third kappa shape index (κ3) is 5.85. The van der Waals surface area contributed by atoms with Crippen LogP contribution in [-0.4, -0.2) is 16.1 Å². The van der Waals surface area contributed by atoms with E-state index in [0.717, 1.165) is 40.8 Å². The van der Waals surface area contributed by atoms with Crippen molar-refractivity contribution in [3.8, 4) is 33.7 Å². The van der Waals surface area contributed by atoms with E-state index >= 15 is 0 Å². The number of aryl methyl sites for hydroxylation is 1. The molecular formula is C33H27Cl2N3O3. The third-order valence-corrected chi connectivity index (χ3v) is 7.78. The van der Waals surface area contributed by atoms with Gasteiger partial charge in [-0.1, -0.05) is 89.0 Å². The maximum Gasteiger partial charge on any atom is 0.309 e. The van der Waals surface area contributed by atoms with Gasteiger partial charge in [0.2, 0.25) is 0 Å². The molecule has 3 aromatic carbocycles. The van der Waals surface area contributed by atoms with Crippen molar-refractivity contribution in [3.63, 3.8) is 0 Å². The lowest BCUT2D eigenvalue weighted by molar-refractivity contribution is -0.150. The lowest BCUT2D eigenvalue weighted by atomic mass is 10.0. The number of ether oxygens (including phenoxy) is 1. The molecule has 6 nitrogen and oxygen atoms in total. The van der Waals surface area contributed by atoms with Gasteiger partial charge in [-0.25, -0.2) is 4.98 Å². The van der Waals surface area contributed by atoms with Crippen LogP contribution in [0.25, 0.3) is 33.7 Å². The second-order valence-corrected chi connectivity index (χ2v) is 11.0. The Balaban J connectivity index is 1.20. The van der Waals surface area contributed by atoms with Crippen LogP contribution in [0, 0.1) is 12.8 Å². The van der Waals surface area contributed by atoms with Gasteiger partial charge in [0, 0.05) is 11.1 Å². The van der Waals surface area contributed by atoms with Gasteiger partial charge in [-0.2, -0.15) is 0 Å². The first-order valence-electron chi connectivity index (χ1n) is 13.4. The monoisotopic (exact) mass is 583 g/mol. The number of hydrogen-bond acceptors (Lipinski definition) is 6. The first kappa shape index (κ1) is 27.1.